The second kappa shape index (κ2) is 7.04. The Bertz CT molecular complexity index is 654. The van der Waals surface area contributed by atoms with Crippen LogP contribution in [0.15, 0.2) is 48.5 Å². The number of anilines is 1. The first-order valence-electron chi connectivity index (χ1n) is 6.43. The van der Waals surface area contributed by atoms with Gasteiger partial charge in [-0.05, 0) is 29.8 Å². The van der Waals surface area contributed by atoms with Gasteiger partial charge in [-0.3, -0.25) is 9.59 Å². The standard InChI is InChI=1S/C16H15BrN2O2/c1-18-16(21)13-4-2-3-5-14(13)19-15(20)12-8-6-11(10-17)7-9-12/h2-9H,10H2,1H3,(H,18,21)(H,19,20). The van der Waals surface area contributed by atoms with Crippen molar-refractivity contribution in [3.05, 3.63) is 65.2 Å². The quantitative estimate of drug-likeness (QED) is 0.835. The van der Waals surface area contributed by atoms with E-state index in [-0.39, 0.29) is 11.8 Å². The predicted molar refractivity (Wildman–Crippen MR) is 86.9 cm³/mol. The molecule has 5 heteroatoms. The molecule has 0 atom stereocenters. The third-order valence-corrected chi connectivity index (χ3v) is 3.66. The van der Waals surface area contributed by atoms with Crippen LogP contribution in [-0.2, 0) is 5.33 Å². The van der Waals surface area contributed by atoms with E-state index >= 15 is 0 Å². The van der Waals surface area contributed by atoms with E-state index < -0.39 is 0 Å². The summed E-state index contributed by atoms with van der Waals surface area (Å²) in [6, 6.07) is 14.2. The molecule has 108 valence electrons. The van der Waals surface area contributed by atoms with E-state index in [1.807, 2.05) is 12.1 Å². The molecule has 2 N–H and O–H groups in total. The Morgan fingerprint density at radius 1 is 1.00 bits per heavy atom. The van der Waals surface area contributed by atoms with E-state index in [1.54, 1.807) is 43.4 Å². The third kappa shape index (κ3) is 3.70. The maximum Gasteiger partial charge on any atom is 0.255 e. The zero-order valence-electron chi connectivity index (χ0n) is 11.5. The summed E-state index contributed by atoms with van der Waals surface area (Å²) >= 11 is 3.36. The average molecular weight is 347 g/mol. The summed E-state index contributed by atoms with van der Waals surface area (Å²) in [5.41, 5.74) is 2.57. The second-order valence-corrected chi connectivity index (χ2v) is 4.97. The van der Waals surface area contributed by atoms with Crippen molar-refractivity contribution in [1.82, 2.24) is 5.32 Å². The van der Waals surface area contributed by atoms with E-state index in [0.29, 0.717) is 16.8 Å². The van der Waals surface area contributed by atoms with E-state index in [1.165, 1.54) is 0 Å². The fourth-order valence-electron chi connectivity index (χ4n) is 1.86. The lowest BCUT2D eigenvalue weighted by atomic mass is 10.1. The first-order chi connectivity index (χ1) is 10.2. The van der Waals surface area contributed by atoms with Gasteiger partial charge in [0.05, 0.1) is 11.3 Å². The highest BCUT2D eigenvalue weighted by Gasteiger charge is 2.12. The molecule has 4 nitrogen and oxygen atoms in total. The zero-order valence-corrected chi connectivity index (χ0v) is 13.1. The molecule has 0 aliphatic rings. The first-order valence-corrected chi connectivity index (χ1v) is 7.55. The number of alkyl halides is 1. The van der Waals surface area contributed by atoms with Gasteiger partial charge in [0.2, 0.25) is 0 Å². The molecular weight excluding hydrogens is 332 g/mol. The number of carbonyl (C=O) groups is 2. The summed E-state index contributed by atoms with van der Waals surface area (Å²) < 4.78 is 0. The van der Waals surface area contributed by atoms with Crippen LogP contribution < -0.4 is 10.6 Å². The summed E-state index contributed by atoms with van der Waals surface area (Å²) in [5.74, 6) is -0.479. The predicted octanol–water partition coefficient (Wildman–Crippen LogP) is 3.19. The number of para-hydroxylation sites is 1. The highest BCUT2D eigenvalue weighted by atomic mass is 79.9. The Hall–Kier alpha value is -2.14. The van der Waals surface area contributed by atoms with Crippen molar-refractivity contribution in [2.75, 3.05) is 12.4 Å². The molecule has 21 heavy (non-hydrogen) atoms. The minimum Gasteiger partial charge on any atom is -0.355 e. The van der Waals surface area contributed by atoms with Gasteiger partial charge in [-0.2, -0.15) is 0 Å². The second-order valence-electron chi connectivity index (χ2n) is 4.41. The van der Waals surface area contributed by atoms with Gasteiger partial charge in [0, 0.05) is 17.9 Å². The Balaban J connectivity index is 2.21. The van der Waals surface area contributed by atoms with Crippen molar-refractivity contribution < 1.29 is 9.59 Å². The van der Waals surface area contributed by atoms with Crippen molar-refractivity contribution in [3.63, 3.8) is 0 Å². The maximum absolute atomic E-state index is 12.2. The molecule has 0 unspecified atom stereocenters. The van der Waals surface area contributed by atoms with Gasteiger partial charge in [0.25, 0.3) is 11.8 Å². The summed E-state index contributed by atoms with van der Waals surface area (Å²) in [7, 11) is 1.56. The molecule has 2 amide bonds. The Labute approximate surface area is 131 Å². The largest absolute Gasteiger partial charge is 0.355 e. The molecule has 0 aliphatic heterocycles. The van der Waals surface area contributed by atoms with Gasteiger partial charge in [-0.15, -0.1) is 0 Å². The van der Waals surface area contributed by atoms with Crippen LogP contribution in [0, 0.1) is 0 Å². The minimum atomic E-state index is -0.243. The van der Waals surface area contributed by atoms with Gasteiger partial charge in [0.15, 0.2) is 0 Å². The maximum atomic E-state index is 12.2. The monoisotopic (exact) mass is 346 g/mol. The molecule has 2 rings (SSSR count). The van der Waals surface area contributed by atoms with Crippen LogP contribution in [0.25, 0.3) is 0 Å². The van der Waals surface area contributed by atoms with Crippen molar-refractivity contribution >= 4 is 33.4 Å². The molecule has 0 aliphatic carbocycles. The van der Waals surface area contributed by atoms with Crippen molar-refractivity contribution in [2.24, 2.45) is 0 Å². The van der Waals surface area contributed by atoms with Crippen molar-refractivity contribution in [2.45, 2.75) is 5.33 Å². The summed E-state index contributed by atoms with van der Waals surface area (Å²) in [6.45, 7) is 0. The normalized spacial score (nSPS) is 10.0. The third-order valence-electron chi connectivity index (χ3n) is 3.02. The molecule has 0 heterocycles. The lowest BCUT2D eigenvalue weighted by molar-refractivity contribution is 0.0964. The van der Waals surface area contributed by atoms with Crippen LogP contribution in [-0.4, -0.2) is 18.9 Å². The average Bonchev–Trinajstić information content (AvgIpc) is 2.54. The van der Waals surface area contributed by atoms with Crippen LogP contribution in [0.4, 0.5) is 5.69 Å². The van der Waals surface area contributed by atoms with Gasteiger partial charge in [-0.1, -0.05) is 40.2 Å². The number of hydrogen-bond donors (Lipinski definition) is 2. The fourth-order valence-corrected chi connectivity index (χ4v) is 2.24. The molecule has 0 saturated carbocycles. The lowest BCUT2D eigenvalue weighted by Gasteiger charge is -2.10. The van der Waals surface area contributed by atoms with Crippen LogP contribution in [0.3, 0.4) is 0 Å². The molecular formula is C16H15BrN2O2. The number of carbonyl (C=O) groups excluding carboxylic acids is 2. The van der Waals surface area contributed by atoms with Crippen LogP contribution in [0.1, 0.15) is 26.3 Å². The fraction of sp³-hybridized carbons (Fsp3) is 0.125. The molecule has 0 radical (unpaired) electrons. The minimum absolute atomic E-state index is 0.236. The van der Waals surface area contributed by atoms with E-state index in [0.717, 1.165) is 10.9 Å². The molecule has 2 aromatic carbocycles. The lowest BCUT2D eigenvalue weighted by Crippen LogP contribution is -2.21. The smallest absolute Gasteiger partial charge is 0.255 e. The molecule has 0 bridgehead atoms. The first kappa shape index (κ1) is 15.3. The van der Waals surface area contributed by atoms with E-state index in [4.69, 9.17) is 0 Å². The topological polar surface area (TPSA) is 58.2 Å². The highest BCUT2D eigenvalue weighted by Crippen LogP contribution is 2.16. The zero-order chi connectivity index (χ0) is 15.2. The van der Waals surface area contributed by atoms with Gasteiger partial charge >= 0.3 is 0 Å². The molecule has 0 fully saturated rings. The van der Waals surface area contributed by atoms with Crippen LogP contribution >= 0.6 is 15.9 Å². The summed E-state index contributed by atoms with van der Waals surface area (Å²) in [4.78, 5) is 24.0. The molecule has 0 saturated heterocycles. The number of benzene rings is 2. The Morgan fingerprint density at radius 3 is 2.29 bits per heavy atom. The van der Waals surface area contributed by atoms with Gasteiger partial charge < -0.3 is 10.6 Å². The number of hydrogen-bond acceptors (Lipinski definition) is 2. The van der Waals surface area contributed by atoms with Crippen molar-refractivity contribution in [3.8, 4) is 0 Å². The number of nitrogens with one attached hydrogen (secondary N) is 2. The van der Waals surface area contributed by atoms with Crippen molar-refractivity contribution in [1.29, 1.82) is 0 Å². The van der Waals surface area contributed by atoms with E-state index in [2.05, 4.69) is 26.6 Å². The Morgan fingerprint density at radius 2 is 1.67 bits per heavy atom. The van der Waals surface area contributed by atoms with Crippen LogP contribution in [0.5, 0.6) is 0 Å². The van der Waals surface area contributed by atoms with Crippen LogP contribution in [0.2, 0.25) is 0 Å². The van der Waals surface area contributed by atoms with Gasteiger partial charge in [-0.25, -0.2) is 0 Å². The Kier molecular flexibility index (Phi) is 5.11. The number of halogens is 1. The number of amides is 2. The number of rotatable bonds is 4. The molecule has 2 aromatic rings. The SMILES string of the molecule is CNC(=O)c1ccccc1NC(=O)c1ccc(CBr)cc1. The summed E-state index contributed by atoms with van der Waals surface area (Å²) in [6.07, 6.45) is 0. The molecule has 0 aromatic heterocycles. The molecule has 0 spiro atoms. The highest BCUT2D eigenvalue weighted by molar-refractivity contribution is 9.08. The summed E-state index contributed by atoms with van der Waals surface area (Å²) in [5, 5.41) is 6.07. The van der Waals surface area contributed by atoms with E-state index in [9.17, 15) is 9.59 Å². The van der Waals surface area contributed by atoms with Gasteiger partial charge in [0.1, 0.15) is 0 Å².